The van der Waals surface area contributed by atoms with E-state index in [0.717, 1.165) is 0 Å². The molecule has 14 heavy (non-hydrogen) atoms. The molecule has 1 heterocycles. The molecular weight excluding hydrogens is 184 g/mol. The van der Waals surface area contributed by atoms with Gasteiger partial charge in [0, 0.05) is 12.5 Å². The number of ether oxygens (including phenoxy) is 3. The Morgan fingerprint density at radius 2 is 2.43 bits per heavy atom. The van der Waals surface area contributed by atoms with Crippen molar-refractivity contribution in [2.45, 2.75) is 19.6 Å². The maximum absolute atomic E-state index is 11.1. The maximum atomic E-state index is 11.1. The van der Waals surface area contributed by atoms with Gasteiger partial charge in [0.15, 0.2) is 6.29 Å². The summed E-state index contributed by atoms with van der Waals surface area (Å²) in [5, 5.41) is 0. The van der Waals surface area contributed by atoms with E-state index in [2.05, 4.69) is 4.74 Å². The predicted octanol–water partition coefficient (Wildman–Crippen LogP) is 1.11. The van der Waals surface area contributed by atoms with Gasteiger partial charge in [-0.1, -0.05) is 12.2 Å². The summed E-state index contributed by atoms with van der Waals surface area (Å²) in [4.78, 5) is 11.1. The smallest absolute Gasteiger partial charge is 0.306 e. The zero-order valence-electron chi connectivity index (χ0n) is 8.56. The summed E-state index contributed by atoms with van der Waals surface area (Å²) in [6.45, 7) is 3.02. The first kappa shape index (κ1) is 11.2. The fourth-order valence-electron chi connectivity index (χ4n) is 1.37. The molecule has 0 fully saturated rings. The van der Waals surface area contributed by atoms with Crippen LogP contribution in [0.25, 0.3) is 0 Å². The average Bonchev–Trinajstić information content (AvgIpc) is 2.21. The normalized spacial score (nSPS) is 26.1. The quantitative estimate of drug-likeness (QED) is 0.504. The Kier molecular flexibility index (Phi) is 4.62. The molecule has 1 rings (SSSR count). The average molecular weight is 200 g/mol. The van der Waals surface area contributed by atoms with Gasteiger partial charge in [-0.25, -0.2) is 0 Å². The highest BCUT2D eigenvalue weighted by atomic mass is 16.7. The molecule has 80 valence electrons. The molecule has 1 aliphatic heterocycles. The van der Waals surface area contributed by atoms with E-state index in [9.17, 15) is 4.79 Å². The van der Waals surface area contributed by atoms with Crippen molar-refractivity contribution in [2.75, 3.05) is 20.3 Å². The fraction of sp³-hybridized carbons (Fsp3) is 0.700. The van der Waals surface area contributed by atoms with Crippen LogP contribution in [-0.2, 0) is 19.0 Å². The molecule has 4 nitrogen and oxygen atoms in total. The van der Waals surface area contributed by atoms with E-state index in [0.29, 0.717) is 19.6 Å². The third-order valence-electron chi connectivity index (χ3n) is 2.05. The van der Waals surface area contributed by atoms with Crippen LogP contribution in [0.3, 0.4) is 0 Å². The van der Waals surface area contributed by atoms with Crippen molar-refractivity contribution in [3.8, 4) is 0 Å². The lowest BCUT2D eigenvalue weighted by atomic mass is 10.0. The number of carbonyl (C=O) groups is 1. The summed E-state index contributed by atoms with van der Waals surface area (Å²) < 4.78 is 15.3. The molecule has 2 atom stereocenters. The molecule has 0 unspecified atom stereocenters. The van der Waals surface area contributed by atoms with Crippen LogP contribution >= 0.6 is 0 Å². The summed E-state index contributed by atoms with van der Waals surface area (Å²) >= 11 is 0. The first-order valence-corrected chi connectivity index (χ1v) is 4.74. The monoisotopic (exact) mass is 200 g/mol. The van der Waals surface area contributed by atoms with Gasteiger partial charge in [0.2, 0.25) is 0 Å². The van der Waals surface area contributed by atoms with Crippen molar-refractivity contribution >= 4 is 5.97 Å². The second-order valence-electron chi connectivity index (χ2n) is 3.03. The van der Waals surface area contributed by atoms with E-state index < -0.39 is 0 Å². The lowest BCUT2D eigenvalue weighted by molar-refractivity contribution is -0.168. The Balaban J connectivity index is 2.49. The third kappa shape index (κ3) is 3.12. The van der Waals surface area contributed by atoms with E-state index >= 15 is 0 Å². The zero-order chi connectivity index (χ0) is 10.4. The summed E-state index contributed by atoms with van der Waals surface area (Å²) in [5.74, 6) is -0.272. The topological polar surface area (TPSA) is 44.8 Å². The van der Waals surface area contributed by atoms with Crippen LogP contribution in [0.15, 0.2) is 12.2 Å². The number of hydrogen-bond acceptors (Lipinski definition) is 4. The van der Waals surface area contributed by atoms with Crippen LogP contribution in [0.5, 0.6) is 0 Å². The molecule has 0 saturated heterocycles. The molecule has 0 amide bonds. The minimum atomic E-state index is -0.316. The van der Waals surface area contributed by atoms with Crippen LogP contribution in [0, 0.1) is 5.92 Å². The first-order valence-electron chi connectivity index (χ1n) is 4.74. The van der Waals surface area contributed by atoms with E-state index in [1.807, 2.05) is 19.1 Å². The number of carbonyl (C=O) groups excluding carboxylic acids is 1. The molecule has 0 aromatic heterocycles. The van der Waals surface area contributed by atoms with Gasteiger partial charge in [0.1, 0.15) is 0 Å². The Labute approximate surface area is 83.8 Å². The standard InChI is InChI=1S/C10H16O4/c1-3-13-10-8(5-4-6-14-10)7-9(11)12-2/h4-5,8,10H,3,6-7H2,1-2H3/t8-,10-/m0/s1. The number of methoxy groups -OCH3 is 1. The lowest BCUT2D eigenvalue weighted by Gasteiger charge is -2.26. The minimum Gasteiger partial charge on any atom is -0.469 e. The van der Waals surface area contributed by atoms with Gasteiger partial charge in [-0.15, -0.1) is 0 Å². The molecule has 0 saturated carbocycles. The molecule has 0 radical (unpaired) electrons. The van der Waals surface area contributed by atoms with Gasteiger partial charge >= 0.3 is 5.97 Å². The molecule has 4 heteroatoms. The van der Waals surface area contributed by atoms with E-state index in [4.69, 9.17) is 9.47 Å². The van der Waals surface area contributed by atoms with Gasteiger partial charge in [-0.3, -0.25) is 4.79 Å². The molecule has 1 aliphatic rings. The molecule has 0 aromatic carbocycles. The van der Waals surface area contributed by atoms with Gasteiger partial charge < -0.3 is 14.2 Å². The Hall–Kier alpha value is -0.870. The summed E-state index contributed by atoms with van der Waals surface area (Å²) in [6.07, 6.45) is 3.82. The van der Waals surface area contributed by atoms with Gasteiger partial charge in [0.05, 0.1) is 20.1 Å². The summed E-state index contributed by atoms with van der Waals surface area (Å²) in [5.41, 5.74) is 0. The fourth-order valence-corrected chi connectivity index (χ4v) is 1.37. The Bertz CT molecular complexity index is 212. The third-order valence-corrected chi connectivity index (χ3v) is 2.05. The largest absolute Gasteiger partial charge is 0.469 e. The van der Waals surface area contributed by atoms with Crippen molar-refractivity contribution in [1.29, 1.82) is 0 Å². The van der Waals surface area contributed by atoms with Gasteiger partial charge in [-0.2, -0.15) is 0 Å². The van der Waals surface area contributed by atoms with E-state index in [1.54, 1.807) is 0 Å². The molecule has 0 N–H and O–H groups in total. The molecular formula is C10H16O4. The summed E-state index contributed by atoms with van der Waals surface area (Å²) in [6, 6.07) is 0. The highest BCUT2D eigenvalue weighted by molar-refractivity contribution is 5.69. The number of esters is 1. The van der Waals surface area contributed by atoms with Crippen molar-refractivity contribution in [2.24, 2.45) is 5.92 Å². The van der Waals surface area contributed by atoms with Crippen LogP contribution in [0.2, 0.25) is 0 Å². The second-order valence-corrected chi connectivity index (χ2v) is 3.03. The molecule has 0 bridgehead atoms. The van der Waals surface area contributed by atoms with Crippen molar-refractivity contribution in [3.63, 3.8) is 0 Å². The minimum absolute atomic E-state index is 0.0313. The van der Waals surface area contributed by atoms with Gasteiger partial charge in [0.25, 0.3) is 0 Å². The van der Waals surface area contributed by atoms with E-state index in [-0.39, 0.29) is 18.2 Å². The van der Waals surface area contributed by atoms with Crippen LogP contribution < -0.4 is 0 Å². The Morgan fingerprint density at radius 3 is 3.07 bits per heavy atom. The molecule has 0 aromatic rings. The van der Waals surface area contributed by atoms with Crippen LogP contribution in [0.1, 0.15) is 13.3 Å². The Morgan fingerprint density at radius 1 is 1.64 bits per heavy atom. The zero-order valence-corrected chi connectivity index (χ0v) is 8.56. The first-order chi connectivity index (χ1) is 6.77. The van der Waals surface area contributed by atoms with E-state index in [1.165, 1.54) is 7.11 Å². The number of rotatable bonds is 4. The second kappa shape index (κ2) is 5.78. The highest BCUT2D eigenvalue weighted by Crippen LogP contribution is 2.20. The van der Waals surface area contributed by atoms with Crippen molar-refractivity contribution in [3.05, 3.63) is 12.2 Å². The summed E-state index contributed by atoms with van der Waals surface area (Å²) in [7, 11) is 1.38. The van der Waals surface area contributed by atoms with Crippen LogP contribution in [0.4, 0.5) is 0 Å². The molecule has 0 aliphatic carbocycles. The van der Waals surface area contributed by atoms with Crippen molar-refractivity contribution in [1.82, 2.24) is 0 Å². The lowest BCUT2D eigenvalue weighted by Crippen LogP contribution is -2.31. The van der Waals surface area contributed by atoms with Crippen molar-refractivity contribution < 1.29 is 19.0 Å². The van der Waals surface area contributed by atoms with Crippen LogP contribution in [-0.4, -0.2) is 32.6 Å². The molecule has 0 spiro atoms. The predicted molar refractivity (Wildman–Crippen MR) is 50.6 cm³/mol. The maximum Gasteiger partial charge on any atom is 0.306 e. The highest BCUT2D eigenvalue weighted by Gasteiger charge is 2.25. The number of hydrogen-bond donors (Lipinski definition) is 0. The van der Waals surface area contributed by atoms with Gasteiger partial charge in [-0.05, 0) is 6.92 Å². The SMILES string of the molecule is CCO[C@H]1OCC=C[C@H]1CC(=O)OC.